The zero-order valence-corrected chi connectivity index (χ0v) is 20.9. The van der Waals surface area contributed by atoms with E-state index in [0.29, 0.717) is 0 Å². The largest absolute Gasteiger partial charge is 0.472 e. The number of carbonyl (C=O) groups is 2. The van der Waals surface area contributed by atoms with Gasteiger partial charge in [0.15, 0.2) is 12.1 Å². The van der Waals surface area contributed by atoms with Crippen LogP contribution in [0, 0.1) is 0 Å². The van der Waals surface area contributed by atoms with Crippen LogP contribution in [0.15, 0.2) is 0 Å². The Kier molecular flexibility index (Phi) is 11.9. The van der Waals surface area contributed by atoms with Gasteiger partial charge in [0.2, 0.25) is 0 Å². The Balaban J connectivity index is 3.33. The van der Waals surface area contributed by atoms with Crippen LogP contribution in [0.1, 0.15) is 6.42 Å². The molecule has 1 saturated carbocycles. The normalized spacial score (nSPS) is 30.4. The van der Waals surface area contributed by atoms with Gasteiger partial charge >= 0.3 is 31.3 Å². The van der Waals surface area contributed by atoms with E-state index in [-0.39, 0.29) is 6.29 Å². The Morgan fingerprint density at radius 2 is 1.11 bits per heavy atom. The molecule has 1 rings (SSSR count). The summed E-state index contributed by atoms with van der Waals surface area (Å²) in [6, 6.07) is 0. The molecule has 0 aromatic rings. The van der Waals surface area contributed by atoms with Gasteiger partial charge in [-0.3, -0.25) is 32.2 Å². The number of hydrogen-bond donors (Lipinski definition) is 10. The number of phosphoric ester groups is 4. The third-order valence-electron chi connectivity index (χ3n) is 4.02. The van der Waals surface area contributed by atoms with E-state index in [9.17, 15) is 48.1 Å². The van der Waals surface area contributed by atoms with E-state index in [0.717, 1.165) is 0 Å². The van der Waals surface area contributed by atoms with Crippen LogP contribution in [0.3, 0.4) is 0 Å². The Labute approximate surface area is 199 Å². The third-order valence-corrected chi connectivity index (χ3v) is 6.56. The molecule has 0 heterocycles. The van der Waals surface area contributed by atoms with Crippen molar-refractivity contribution in [1.82, 2.24) is 0 Å². The number of rotatable bonds is 14. The molecule has 0 aromatic carbocycles. The van der Waals surface area contributed by atoms with Gasteiger partial charge in [-0.1, -0.05) is 0 Å². The first-order valence-electron chi connectivity index (χ1n) is 8.95. The molecule has 0 aromatic heterocycles. The van der Waals surface area contributed by atoms with Gasteiger partial charge in [-0.25, -0.2) is 18.3 Å². The van der Waals surface area contributed by atoms with Gasteiger partial charge in [0, 0.05) is 6.42 Å². The molecule has 8 atom stereocenters. The minimum Gasteiger partial charge on any atom is -0.390 e. The molecule has 1 fully saturated rings. The van der Waals surface area contributed by atoms with E-state index in [1.54, 1.807) is 0 Å². The fourth-order valence-corrected chi connectivity index (χ4v) is 5.48. The second-order valence-corrected chi connectivity index (χ2v) is 11.9. The Bertz CT molecular complexity index is 927. The van der Waals surface area contributed by atoms with E-state index in [2.05, 4.69) is 22.6 Å². The predicted molar refractivity (Wildman–Crippen MR) is 105 cm³/mol. The van der Waals surface area contributed by atoms with Crippen molar-refractivity contribution in [2.75, 3.05) is 6.61 Å². The summed E-state index contributed by atoms with van der Waals surface area (Å²) in [6.07, 6.45) is -19.3. The molecule has 5 unspecified atom stereocenters. The number of phosphoric acid groups is 4. The fraction of sp³-hybridized carbons (Fsp3) is 0.818. The minimum absolute atomic E-state index is 0.175. The van der Waals surface area contributed by atoms with Crippen LogP contribution in [0.4, 0.5) is 0 Å². The van der Waals surface area contributed by atoms with Crippen molar-refractivity contribution < 1.29 is 100 Å². The Hall–Kier alpha value is -0.340. The topological polar surface area (TPSA) is 351 Å². The smallest absolute Gasteiger partial charge is 0.390 e. The highest BCUT2D eigenvalue weighted by Gasteiger charge is 2.58. The second kappa shape index (κ2) is 12.7. The standard InChI is InChI=1S/C11H22O21P4/c12-2-4(13)1-5(14)3-28-36(26,27)32-8-6(15)9(29-33(17,18)19)11(31-35(23,24)25)10(7(8)16)30-34(20,21)22/h2,5-11,14-16H,1,3H2,(H,26,27)(H2,17,18,19)(H2,20,21,22)(H2,23,24,25)/t5-,6+,7?,8?,9?,10-,11?/m1/s1. The van der Waals surface area contributed by atoms with Crippen molar-refractivity contribution in [3.8, 4) is 0 Å². The average Bonchev–Trinajstić information content (AvgIpc) is 2.67. The lowest BCUT2D eigenvalue weighted by Crippen LogP contribution is -2.65. The molecule has 0 saturated heterocycles. The lowest BCUT2D eigenvalue weighted by Gasteiger charge is -2.45. The number of hydrogen-bond acceptors (Lipinski definition) is 14. The van der Waals surface area contributed by atoms with E-state index in [4.69, 9.17) is 29.4 Å². The van der Waals surface area contributed by atoms with Crippen molar-refractivity contribution in [2.24, 2.45) is 0 Å². The highest BCUT2D eigenvalue weighted by Crippen LogP contribution is 2.53. The zero-order chi connectivity index (χ0) is 28.3. The molecule has 21 nitrogen and oxygen atoms in total. The summed E-state index contributed by atoms with van der Waals surface area (Å²) in [5.74, 6) is -1.14. The summed E-state index contributed by atoms with van der Waals surface area (Å²) in [6.45, 7) is -1.17. The highest BCUT2D eigenvalue weighted by atomic mass is 31.2. The van der Waals surface area contributed by atoms with E-state index >= 15 is 0 Å². The summed E-state index contributed by atoms with van der Waals surface area (Å²) in [7, 11) is -22.7. The molecule has 36 heavy (non-hydrogen) atoms. The molecular formula is C11H22O21P4. The van der Waals surface area contributed by atoms with E-state index in [1.165, 1.54) is 0 Å². The van der Waals surface area contributed by atoms with Gasteiger partial charge in [-0.2, -0.15) is 0 Å². The van der Waals surface area contributed by atoms with Crippen LogP contribution >= 0.6 is 31.3 Å². The maximum atomic E-state index is 12.2. The molecule has 10 N–H and O–H groups in total. The van der Waals surface area contributed by atoms with Crippen LogP contribution in [0.2, 0.25) is 0 Å². The molecule has 1 aliphatic carbocycles. The molecule has 1 aliphatic rings. The van der Waals surface area contributed by atoms with E-state index in [1.807, 2.05) is 0 Å². The van der Waals surface area contributed by atoms with Gasteiger partial charge in [0.1, 0.15) is 36.6 Å². The highest BCUT2D eigenvalue weighted by molar-refractivity contribution is 7.47. The number of aldehydes is 1. The molecule has 25 heteroatoms. The molecule has 0 amide bonds. The number of aliphatic hydroxyl groups is 3. The maximum Gasteiger partial charge on any atom is 0.472 e. The van der Waals surface area contributed by atoms with E-state index < -0.39 is 92.8 Å². The molecule has 212 valence electrons. The predicted octanol–water partition coefficient (Wildman–Crippen LogP) is -3.82. The molecule has 0 bridgehead atoms. The Morgan fingerprint density at radius 3 is 1.47 bits per heavy atom. The summed E-state index contributed by atoms with van der Waals surface area (Å²) in [5, 5.41) is 30.3. The van der Waals surface area contributed by atoms with Crippen molar-refractivity contribution in [3.63, 3.8) is 0 Å². The van der Waals surface area contributed by atoms with Crippen LogP contribution in [0.5, 0.6) is 0 Å². The molecular weight excluding hydrogens is 592 g/mol. The van der Waals surface area contributed by atoms with Crippen LogP contribution in [0.25, 0.3) is 0 Å². The number of aliphatic hydroxyl groups excluding tert-OH is 3. The van der Waals surface area contributed by atoms with Crippen LogP contribution in [-0.2, 0) is 50.5 Å². The number of Topliss-reactive ketones (excluding diaryl/α,β-unsaturated/α-hetero) is 1. The average molecular weight is 614 g/mol. The third kappa shape index (κ3) is 11.6. The van der Waals surface area contributed by atoms with Crippen molar-refractivity contribution in [3.05, 3.63) is 0 Å². The van der Waals surface area contributed by atoms with Gasteiger partial charge in [-0.05, 0) is 0 Å². The lowest BCUT2D eigenvalue weighted by molar-refractivity contribution is -0.209. The van der Waals surface area contributed by atoms with Crippen LogP contribution < -0.4 is 0 Å². The van der Waals surface area contributed by atoms with Crippen LogP contribution in [-0.4, -0.2) is 111 Å². The summed E-state index contributed by atoms with van der Waals surface area (Å²) in [4.78, 5) is 85.4. The zero-order valence-electron chi connectivity index (χ0n) is 17.3. The lowest BCUT2D eigenvalue weighted by atomic mass is 9.85. The second-order valence-electron chi connectivity index (χ2n) is 6.94. The maximum absolute atomic E-state index is 12.2. The van der Waals surface area contributed by atoms with Crippen molar-refractivity contribution in [2.45, 2.75) is 49.1 Å². The van der Waals surface area contributed by atoms with Gasteiger partial charge < -0.3 is 49.6 Å². The summed E-state index contributed by atoms with van der Waals surface area (Å²) >= 11 is 0. The van der Waals surface area contributed by atoms with Gasteiger partial charge in [0.05, 0.1) is 12.7 Å². The number of carbonyl (C=O) groups excluding carboxylic acids is 2. The first kappa shape index (κ1) is 33.7. The number of ketones is 1. The molecule has 0 radical (unpaired) electrons. The fourth-order valence-electron chi connectivity index (χ4n) is 2.82. The summed E-state index contributed by atoms with van der Waals surface area (Å²) < 4.78 is 67.3. The first-order chi connectivity index (χ1) is 16.1. The molecule has 0 aliphatic heterocycles. The minimum atomic E-state index is -5.73. The quantitative estimate of drug-likeness (QED) is 0.0509. The monoisotopic (exact) mass is 614 g/mol. The molecule has 0 spiro atoms. The first-order valence-corrected chi connectivity index (χ1v) is 15.0. The van der Waals surface area contributed by atoms with Gasteiger partial charge in [0.25, 0.3) is 0 Å². The van der Waals surface area contributed by atoms with Gasteiger partial charge in [-0.15, -0.1) is 0 Å². The SMILES string of the molecule is O=CC(=O)C[C@@H](O)COP(=O)(O)OC1C(O)[C@@H](OP(=O)(O)O)C(OP(=O)(O)O)C(OP(=O)(O)O)[C@H]1O. The summed E-state index contributed by atoms with van der Waals surface area (Å²) in [5.41, 5.74) is 0. The van der Waals surface area contributed by atoms with Crippen molar-refractivity contribution in [1.29, 1.82) is 0 Å². The Morgan fingerprint density at radius 1 is 0.722 bits per heavy atom. The van der Waals surface area contributed by atoms with Crippen molar-refractivity contribution >= 4 is 43.4 Å².